The molecule has 18 heavy (non-hydrogen) atoms. The number of aliphatic carboxylic acids is 1. The van der Waals surface area contributed by atoms with E-state index in [0.29, 0.717) is 11.8 Å². The Hall–Kier alpha value is -1.07. The topological polar surface area (TPSA) is 49.8 Å². The molecule has 2 rings (SSSR count). The molecule has 1 unspecified atom stereocenters. The van der Waals surface area contributed by atoms with Crippen LogP contribution < -0.4 is 4.74 Å². The van der Waals surface area contributed by atoms with Crippen LogP contribution in [-0.2, 0) is 4.79 Å². The second kappa shape index (κ2) is 5.28. The van der Waals surface area contributed by atoms with Crippen LogP contribution in [0, 0.1) is 0 Å². The minimum absolute atomic E-state index is 0.395. The van der Waals surface area contributed by atoms with Crippen molar-refractivity contribution in [3.05, 3.63) is 28.2 Å². The van der Waals surface area contributed by atoms with Crippen molar-refractivity contribution in [2.75, 3.05) is 14.2 Å². The van der Waals surface area contributed by atoms with Gasteiger partial charge < -0.3 is 9.84 Å². The highest BCUT2D eigenvalue weighted by Gasteiger charge is 2.35. The van der Waals surface area contributed by atoms with Crippen molar-refractivity contribution in [2.45, 2.75) is 24.9 Å². The van der Waals surface area contributed by atoms with Gasteiger partial charge in [-0.25, -0.2) is 0 Å². The maximum absolute atomic E-state index is 11.5. The van der Waals surface area contributed by atoms with Gasteiger partial charge in [-0.05, 0) is 53.5 Å². The van der Waals surface area contributed by atoms with E-state index in [0.717, 1.165) is 22.9 Å². The molecule has 0 saturated heterocycles. The van der Waals surface area contributed by atoms with E-state index in [1.807, 2.05) is 18.0 Å². The van der Waals surface area contributed by atoms with E-state index in [-0.39, 0.29) is 0 Å². The fourth-order valence-corrected chi connectivity index (χ4v) is 2.66. The van der Waals surface area contributed by atoms with Gasteiger partial charge in [-0.1, -0.05) is 6.07 Å². The van der Waals surface area contributed by atoms with Crippen molar-refractivity contribution < 1.29 is 14.6 Å². The molecule has 0 radical (unpaired) electrons. The molecule has 1 aromatic rings. The first-order valence-corrected chi connectivity index (χ1v) is 6.62. The molecular formula is C13H16BrNO3. The van der Waals surface area contributed by atoms with Gasteiger partial charge in [0.15, 0.2) is 0 Å². The predicted octanol–water partition coefficient (Wildman–Crippen LogP) is 2.68. The molecule has 0 aromatic heterocycles. The Morgan fingerprint density at radius 1 is 1.56 bits per heavy atom. The summed E-state index contributed by atoms with van der Waals surface area (Å²) in [5.74, 6) is -0.113. The van der Waals surface area contributed by atoms with Crippen LogP contribution in [0.2, 0.25) is 0 Å². The average molecular weight is 314 g/mol. The van der Waals surface area contributed by atoms with Crippen LogP contribution in [-0.4, -0.2) is 36.2 Å². The smallest absolute Gasteiger partial charge is 0.325 e. The summed E-state index contributed by atoms with van der Waals surface area (Å²) in [5, 5.41) is 9.40. The number of likely N-dealkylation sites (N-methyl/N-ethyl adjacent to an activating group) is 1. The zero-order chi connectivity index (χ0) is 13.3. The number of rotatable bonds is 5. The average Bonchev–Trinajstić information content (AvgIpc) is 3.12. The van der Waals surface area contributed by atoms with Gasteiger partial charge in [0.25, 0.3) is 0 Å². The second-order valence-electron chi connectivity index (χ2n) is 4.53. The van der Waals surface area contributed by atoms with Crippen LogP contribution in [0.5, 0.6) is 5.75 Å². The molecule has 1 aliphatic rings. The maximum Gasteiger partial charge on any atom is 0.325 e. The lowest BCUT2D eigenvalue weighted by molar-refractivity contribution is -0.143. The highest BCUT2D eigenvalue weighted by molar-refractivity contribution is 9.10. The number of nitrogens with zero attached hydrogens (tertiary/aromatic N) is 1. The van der Waals surface area contributed by atoms with Gasteiger partial charge >= 0.3 is 5.97 Å². The molecule has 1 aliphatic carbocycles. The van der Waals surface area contributed by atoms with E-state index in [9.17, 15) is 9.90 Å². The van der Waals surface area contributed by atoms with Crippen molar-refractivity contribution >= 4 is 21.9 Å². The van der Waals surface area contributed by atoms with Crippen LogP contribution >= 0.6 is 15.9 Å². The highest BCUT2D eigenvalue weighted by atomic mass is 79.9. The lowest BCUT2D eigenvalue weighted by Gasteiger charge is -2.25. The molecule has 98 valence electrons. The molecule has 0 spiro atoms. The molecule has 0 aliphatic heterocycles. The molecule has 0 heterocycles. The van der Waals surface area contributed by atoms with Crippen molar-refractivity contribution in [1.29, 1.82) is 0 Å². The molecule has 1 saturated carbocycles. The molecule has 5 heteroatoms. The van der Waals surface area contributed by atoms with Crippen LogP contribution in [0.15, 0.2) is 22.7 Å². The number of carboxylic acid groups (broad SMARTS) is 1. The van der Waals surface area contributed by atoms with Crippen molar-refractivity contribution in [3.8, 4) is 5.75 Å². The molecule has 1 aromatic carbocycles. The number of halogens is 1. The molecule has 4 nitrogen and oxygen atoms in total. The Morgan fingerprint density at radius 2 is 2.22 bits per heavy atom. The highest BCUT2D eigenvalue weighted by Crippen LogP contribution is 2.35. The zero-order valence-electron chi connectivity index (χ0n) is 10.4. The largest absolute Gasteiger partial charge is 0.496 e. The van der Waals surface area contributed by atoms with E-state index in [1.54, 1.807) is 19.2 Å². The fraction of sp³-hybridized carbons (Fsp3) is 0.462. The summed E-state index contributed by atoms with van der Waals surface area (Å²) < 4.78 is 5.93. The Bertz CT molecular complexity index is 460. The molecule has 1 N–H and O–H groups in total. The Balaban J connectivity index is 2.30. The molecular weight excluding hydrogens is 298 g/mol. The monoisotopic (exact) mass is 313 g/mol. The lowest BCUT2D eigenvalue weighted by atomic mass is 10.1. The van der Waals surface area contributed by atoms with Gasteiger partial charge in [-0.2, -0.15) is 0 Å². The summed E-state index contributed by atoms with van der Waals surface area (Å²) in [6.45, 7) is 0. The normalized spacial score (nSPS) is 16.7. The van der Waals surface area contributed by atoms with Crippen molar-refractivity contribution in [3.63, 3.8) is 0 Å². The number of ether oxygens (including phenoxy) is 1. The Kier molecular flexibility index (Phi) is 3.92. The van der Waals surface area contributed by atoms with Gasteiger partial charge in [-0.15, -0.1) is 0 Å². The number of hydrogen-bond donors (Lipinski definition) is 1. The van der Waals surface area contributed by atoms with Crippen molar-refractivity contribution in [2.24, 2.45) is 0 Å². The molecule has 1 atom stereocenters. The minimum atomic E-state index is -0.818. The standard InChI is InChI=1S/C13H16BrNO3/c1-15(9-4-5-9)12(13(16)17)8-3-6-11(18-2)10(14)7-8/h3,6-7,9,12H,4-5H2,1-2H3,(H,16,17). The van der Waals surface area contributed by atoms with Gasteiger partial charge in [0.05, 0.1) is 11.6 Å². The molecule has 1 fully saturated rings. The number of methoxy groups -OCH3 is 1. The molecule has 0 bridgehead atoms. The van der Waals surface area contributed by atoms with E-state index < -0.39 is 12.0 Å². The number of hydrogen-bond acceptors (Lipinski definition) is 3. The summed E-state index contributed by atoms with van der Waals surface area (Å²) in [6.07, 6.45) is 2.16. The van der Waals surface area contributed by atoms with Crippen LogP contribution in [0.1, 0.15) is 24.4 Å². The van der Waals surface area contributed by atoms with Gasteiger partial charge in [0.1, 0.15) is 11.8 Å². The predicted molar refractivity (Wildman–Crippen MR) is 71.9 cm³/mol. The van der Waals surface area contributed by atoms with Crippen LogP contribution in [0.4, 0.5) is 0 Å². The maximum atomic E-state index is 11.5. The number of benzene rings is 1. The van der Waals surface area contributed by atoms with E-state index >= 15 is 0 Å². The van der Waals surface area contributed by atoms with Crippen LogP contribution in [0.3, 0.4) is 0 Å². The fourth-order valence-electron chi connectivity index (χ4n) is 2.10. The number of carbonyl (C=O) groups is 1. The summed E-state index contributed by atoms with van der Waals surface area (Å²) >= 11 is 3.39. The van der Waals surface area contributed by atoms with E-state index in [4.69, 9.17) is 4.74 Å². The first-order valence-electron chi connectivity index (χ1n) is 5.82. The van der Waals surface area contributed by atoms with Gasteiger partial charge in [0, 0.05) is 6.04 Å². The minimum Gasteiger partial charge on any atom is -0.496 e. The summed E-state index contributed by atoms with van der Waals surface area (Å²) in [5.41, 5.74) is 0.768. The lowest BCUT2D eigenvalue weighted by Crippen LogP contribution is -2.32. The van der Waals surface area contributed by atoms with Gasteiger partial charge in [-0.3, -0.25) is 9.69 Å². The SMILES string of the molecule is COc1ccc(C(C(=O)O)N(C)C2CC2)cc1Br. The zero-order valence-corrected chi connectivity index (χ0v) is 12.0. The summed E-state index contributed by atoms with van der Waals surface area (Å²) in [7, 11) is 3.46. The molecule has 0 amide bonds. The first kappa shape index (κ1) is 13.4. The van der Waals surface area contributed by atoms with E-state index in [2.05, 4.69) is 15.9 Å². The van der Waals surface area contributed by atoms with Crippen molar-refractivity contribution in [1.82, 2.24) is 4.90 Å². The summed E-state index contributed by atoms with van der Waals surface area (Å²) in [6, 6.07) is 5.21. The van der Waals surface area contributed by atoms with E-state index in [1.165, 1.54) is 0 Å². The van der Waals surface area contributed by atoms with Gasteiger partial charge in [0.2, 0.25) is 0 Å². The Labute approximate surface area is 115 Å². The number of carboxylic acids is 1. The Morgan fingerprint density at radius 3 is 2.67 bits per heavy atom. The van der Waals surface area contributed by atoms with Crippen LogP contribution in [0.25, 0.3) is 0 Å². The quantitative estimate of drug-likeness (QED) is 0.908. The third-order valence-corrected chi connectivity index (χ3v) is 3.88. The third-order valence-electron chi connectivity index (χ3n) is 3.26. The third kappa shape index (κ3) is 2.67. The summed E-state index contributed by atoms with van der Waals surface area (Å²) in [4.78, 5) is 13.4. The first-order chi connectivity index (χ1) is 8.54. The second-order valence-corrected chi connectivity index (χ2v) is 5.39.